The molecule has 1 amide bonds. The van der Waals surface area contributed by atoms with E-state index in [1.54, 1.807) is 0 Å². The largest absolute Gasteiger partial charge is 0.381 e. The number of carbonyl (C=O) groups excluding carboxylic acids is 1. The molecule has 0 aromatic carbocycles. The van der Waals surface area contributed by atoms with Crippen molar-refractivity contribution in [3.63, 3.8) is 0 Å². The summed E-state index contributed by atoms with van der Waals surface area (Å²) in [6.45, 7) is 6.75. The molecule has 1 saturated heterocycles. The molecule has 1 heterocycles. The molecule has 2 atom stereocenters. The Labute approximate surface area is 96.9 Å². The van der Waals surface area contributed by atoms with Crippen LogP contribution in [0.4, 0.5) is 0 Å². The first-order chi connectivity index (χ1) is 7.67. The molecule has 0 aromatic heterocycles. The lowest BCUT2D eigenvalue weighted by atomic mass is 10.2. The normalized spacial score (nSPS) is 25.8. The van der Waals surface area contributed by atoms with Gasteiger partial charge in [-0.3, -0.25) is 4.79 Å². The molecule has 2 N–H and O–H groups in total. The smallest absolute Gasteiger partial charge is 0.225 e. The topological polar surface area (TPSA) is 64.8 Å². The third kappa shape index (κ3) is 4.08. The van der Waals surface area contributed by atoms with Gasteiger partial charge in [-0.1, -0.05) is 0 Å². The van der Waals surface area contributed by atoms with Crippen LogP contribution in [0.1, 0.15) is 20.3 Å². The monoisotopic (exact) mass is 230 g/mol. The Kier molecular flexibility index (Phi) is 5.73. The first-order valence-corrected chi connectivity index (χ1v) is 5.88. The predicted octanol–water partition coefficient (Wildman–Crippen LogP) is -0.0124. The van der Waals surface area contributed by atoms with E-state index in [4.69, 9.17) is 15.2 Å². The fourth-order valence-electron chi connectivity index (χ4n) is 1.84. The van der Waals surface area contributed by atoms with Gasteiger partial charge in [-0.25, -0.2) is 0 Å². The maximum atomic E-state index is 11.8. The second-order valence-corrected chi connectivity index (χ2v) is 4.05. The first-order valence-electron chi connectivity index (χ1n) is 5.88. The molecule has 0 aliphatic carbocycles. The molecular weight excluding hydrogens is 208 g/mol. The number of amides is 1. The first kappa shape index (κ1) is 13.4. The minimum absolute atomic E-state index is 0.0280. The molecule has 2 unspecified atom stereocenters. The van der Waals surface area contributed by atoms with E-state index in [1.807, 2.05) is 18.7 Å². The molecule has 0 radical (unpaired) electrons. The van der Waals surface area contributed by atoms with E-state index in [9.17, 15) is 4.79 Å². The second kappa shape index (κ2) is 6.83. The maximum Gasteiger partial charge on any atom is 0.225 e. The lowest BCUT2D eigenvalue weighted by molar-refractivity contribution is -0.144. The molecule has 1 rings (SSSR count). The summed E-state index contributed by atoms with van der Waals surface area (Å²) in [4.78, 5) is 13.7. The quantitative estimate of drug-likeness (QED) is 0.675. The number of rotatable bonds is 5. The predicted molar refractivity (Wildman–Crippen MR) is 61.1 cm³/mol. The van der Waals surface area contributed by atoms with Crippen LogP contribution < -0.4 is 5.73 Å². The summed E-state index contributed by atoms with van der Waals surface area (Å²) in [5.74, 6) is 0.127. The van der Waals surface area contributed by atoms with Crippen LogP contribution in [0.15, 0.2) is 0 Å². The molecule has 0 bridgehead atoms. The van der Waals surface area contributed by atoms with Crippen molar-refractivity contribution in [2.45, 2.75) is 32.5 Å². The van der Waals surface area contributed by atoms with Crippen molar-refractivity contribution in [1.29, 1.82) is 0 Å². The van der Waals surface area contributed by atoms with E-state index in [1.165, 1.54) is 0 Å². The Bertz CT molecular complexity index is 223. The number of morpholine rings is 1. The van der Waals surface area contributed by atoms with Crippen molar-refractivity contribution in [2.75, 3.05) is 32.8 Å². The van der Waals surface area contributed by atoms with Crippen molar-refractivity contribution in [3.8, 4) is 0 Å². The van der Waals surface area contributed by atoms with Crippen molar-refractivity contribution in [2.24, 2.45) is 5.73 Å². The molecule has 1 aliphatic heterocycles. The van der Waals surface area contributed by atoms with Gasteiger partial charge in [-0.15, -0.1) is 0 Å². The standard InChI is InChI=1S/C11H22N2O3/c1-3-15-5-4-11(14)13-7-9(2)16-10(6-12)8-13/h9-10H,3-8,12H2,1-2H3. The fourth-order valence-corrected chi connectivity index (χ4v) is 1.84. The van der Waals surface area contributed by atoms with Gasteiger partial charge in [0.05, 0.1) is 25.2 Å². The zero-order chi connectivity index (χ0) is 12.0. The van der Waals surface area contributed by atoms with Crippen LogP contribution in [-0.2, 0) is 14.3 Å². The summed E-state index contributed by atoms with van der Waals surface area (Å²) < 4.78 is 10.8. The van der Waals surface area contributed by atoms with Gasteiger partial charge in [0.1, 0.15) is 0 Å². The van der Waals surface area contributed by atoms with E-state index in [0.29, 0.717) is 39.3 Å². The highest BCUT2D eigenvalue weighted by Crippen LogP contribution is 2.11. The summed E-state index contributed by atoms with van der Waals surface area (Å²) in [5.41, 5.74) is 5.56. The van der Waals surface area contributed by atoms with Crippen molar-refractivity contribution in [1.82, 2.24) is 4.90 Å². The van der Waals surface area contributed by atoms with Gasteiger partial charge in [0, 0.05) is 26.2 Å². The molecular formula is C11H22N2O3. The average Bonchev–Trinajstić information content (AvgIpc) is 2.28. The van der Waals surface area contributed by atoms with E-state index in [2.05, 4.69) is 0 Å². The minimum atomic E-state index is -0.0280. The number of nitrogens with two attached hydrogens (primary N) is 1. The molecule has 1 fully saturated rings. The van der Waals surface area contributed by atoms with Gasteiger partial charge in [0.15, 0.2) is 0 Å². The lowest BCUT2D eigenvalue weighted by Crippen LogP contribution is -2.51. The average molecular weight is 230 g/mol. The third-order valence-corrected chi connectivity index (χ3v) is 2.61. The number of carbonyl (C=O) groups is 1. The van der Waals surface area contributed by atoms with Gasteiger partial charge >= 0.3 is 0 Å². The zero-order valence-corrected chi connectivity index (χ0v) is 10.1. The van der Waals surface area contributed by atoms with Crippen LogP contribution in [0, 0.1) is 0 Å². The van der Waals surface area contributed by atoms with E-state index < -0.39 is 0 Å². The van der Waals surface area contributed by atoms with E-state index in [0.717, 1.165) is 0 Å². The number of hydrogen-bond acceptors (Lipinski definition) is 4. The van der Waals surface area contributed by atoms with Crippen molar-refractivity contribution >= 4 is 5.91 Å². The van der Waals surface area contributed by atoms with Crippen LogP contribution in [0.5, 0.6) is 0 Å². The van der Waals surface area contributed by atoms with E-state index in [-0.39, 0.29) is 18.1 Å². The Morgan fingerprint density at radius 3 is 2.94 bits per heavy atom. The van der Waals surface area contributed by atoms with Gasteiger partial charge < -0.3 is 20.1 Å². The Balaban J connectivity index is 2.36. The summed E-state index contributed by atoms with van der Waals surface area (Å²) in [7, 11) is 0. The van der Waals surface area contributed by atoms with Crippen LogP contribution in [-0.4, -0.2) is 55.9 Å². The van der Waals surface area contributed by atoms with Gasteiger partial charge in [0.25, 0.3) is 0 Å². The summed E-state index contributed by atoms with van der Waals surface area (Å²) in [5, 5.41) is 0. The SMILES string of the molecule is CCOCCC(=O)N1CC(C)OC(CN)C1. The zero-order valence-electron chi connectivity index (χ0n) is 10.1. The molecule has 1 aliphatic rings. The molecule has 0 spiro atoms. The van der Waals surface area contributed by atoms with Gasteiger partial charge in [0.2, 0.25) is 5.91 Å². The third-order valence-electron chi connectivity index (χ3n) is 2.61. The number of hydrogen-bond donors (Lipinski definition) is 1. The Hall–Kier alpha value is -0.650. The number of nitrogens with zero attached hydrogens (tertiary/aromatic N) is 1. The van der Waals surface area contributed by atoms with Gasteiger partial charge in [-0.2, -0.15) is 0 Å². The lowest BCUT2D eigenvalue weighted by Gasteiger charge is -2.36. The summed E-state index contributed by atoms with van der Waals surface area (Å²) in [6.07, 6.45) is 0.482. The van der Waals surface area contributed by atoms with Gasteiger partial charge in [-0.05, 0) is 13.8 Å². The highest BCUT2D eigenvalue weighted by atomic mass is 16.5. The van der Waals surface area contributed by atoms with E-state index >= 15 is 0 Å². The van der Waals surface area contributed by atoms with Crippen molar-refractivity contribution in [3.05, 3.63) is 0 Å². The Morgan fingerprint density at radius 2 is 2.31 bits per heavy atom. The highest BCUT2D eigenvalue weighted by molar-refractivity contribution is 5.76. The molecule has 0 saturated carbocycles. The fraction of sp³-hybridized carbons (Fsp3) is 0.909. The number of ether oxygens (including phenoxy) is 2. The van der Waals surface area contributed by atoms with Crippen LogP contribution in [0.3, 0.4) is 0 Å². The molecule has 0 aromatic rings. The molecule has 94 valence electrons. The molecule has 5 nitrogen and oxygen atoms in total. The second-order valence-electron chi connectivity index (χ2n) is 4.05. The minimum Gasteiger partial charge on any atom is -0.381 e. The highest BCUT2D eigenvalue weighted by Gasteiger charge is 2.27. The van der Waals surface area contributed by atoms with Crippen molar-refractivity contribution < 1.29 is 14.3 Å². The summed E-state index contributed by atoms with van der Waals surface area (Å²) in [6, 6.07) is 0. The maximum absolute atomic E-state index is 11.8. The van der Waals surface area contributed by atoms with Crippen LogP contribution in [0.25, 0.3) is 0 Å². The molecule has 5 heteroatoms. The Morgan fingerprint density at radius 1 is 1.56 bits per heavy atom. The molecule has 16 heavy (non-hydrogen) atoms. The summed E-state index contributed by atoms with van der Waals surface area (Å²) >= 11 is 0. The van der Waals surface area contributed by atoms with Crippen LogP contribution in [0.2, 0.25) is 0 Å². The van der Waals surface area contributed by atoms with Crippen LogP contribution >= 0.6 is 0 Å².